The molecule has 4 aromatic rings. The number of aryl methyl sites for hydroxylation is 1. The van der Waals surface area contributed by atoms with E-state index in [1.807, 2.05) is 25.1 Å². The number of imidazole rings is 1. The fraction of sp³-hybridized carbons (Fsp3) is 0.364. The number of nitrogens with one attached hydrogen (secondary N) is 1. The number of hydrogen-bond donors (Lipinski definition) is 2. The number of oxazole rings is 1. The van der Waals surface area contributed by atoms with Crippen LogP contribution in [0.1, 0.15) is 71.1 Å². The Hall–Kier alpha value is -3.60. The van der Waals surface area contributed by atoms with Gasteiger partial charge in [-0.2, -0.15) is 5.10 Å². The Bertz CT molecular complexity index is 1350. The van der Waals surface area contributed by atoms with Crippen LogP contribution in [-0.2, 0) is 12.0 Å². The van der Waals surface area contributed by atoms with E-state index in [0.717, 1.165) is 16.8 Å². The number of aromatic amines is 1. The third-order valence-electron chi connectivity index (χ3n) is 5.85. The molecule has 1 amide bonds. The molecule has 0 spiro atoms. The summed E-state index contributed by atoms with van der Waals surface area (Å²) in [6.45, 7) is 4.82. The highest BCUT2D eigenvalue weighted by molar-refractivity contribution is 5.93. The summed E-state index contributed by atoms with van der Waals surface area (Å²) in [6, 6.07) is 4.93. The van der Waals surface area contributed by atoms with Crippen LogP contribution in [0.5, 0.6) is 0 Å². The Balaban J connectivity index is 1.65. The minimum absolute atomic E-state index is 0.229. The van der Waals surface area contributed by atoms with Gasteiger partial charge in [0.1, 0.15) is 11.6 Å². The molecule has 0 aromatic carbocycles. The summed E-state index contributed by atoms with van der Waals surface area (Å²) >= 11 is 0. The SMILES string of the molecule is Cc1c(C2c3nc[nH]c3CCN2C(=O)c2oc(C(C)(C)O)nc2C(F)F)nn2ccccc12. The molecule has 1 aliphatic heterocycles. The zero-order valence-electron chi connectivity index (χ0n) is 18.2. The van der Waals surface area contributed by atoms with Crippen LogP contribution < -0.4 is 0 Å². The average molecular weight is 456 g/mol. The molecule has 0 bridgehead atoms. The van der Waals surface area contributed by atoms with Crippen molar-refractivity contribution < 1.29 is 23.1 Å². The first-order valence-corrected chi connectivity index (χ1v) is 10.5. The van der Waals surface area contributed by atoms with Crippen molar-refractivity contribution in [3.8, 4) is 0 Å². The Morgan fingerprint density at radius 2 is 2.12 bits per heavy atom. The van der Waals surface area contributed by atoms with Crippen molar-refractivity contribution in [1.29, 1.82) is 0 Å². The van der Waals surface area contributed by atoms with E-state index in [9.17, 15) is 18.7 Å². The second kappa shape index (κ2) is 7.48. The molecule has 4 aromatic heterocycles. The van der Waals surface area contributed by atoms with E-state index in [1.54, 1.807) is 17.0 Å². The van der Waals surface area contributed by atoms with Gasteiger partial charge < -0.3 is 19.4 Å². The number of carbonyl (C=O) groups excluding carboxylic acids is 1. The molecule has 1 aliphatic rings. The number of nitrogens with zero attached hydrogens (tertiary/aromatic N) is 5. The molecule has 5 rings (SSSR count). The molecule has 0 saturated carbocycles. The summed E-state index contributed by atoms with van der Waals surface area (Å²) in [6.07, 6.45) is 0.751. The lowest BCUT2D eigenvalue weighted by molar-refractivity contribution is 0.0440. The van der Waals surface area contributed by atoms with E-state index >= 15 is 0 Å². The predicted octanol–water partition coefficient (Wildman–Crippen LogP) is 3.31. The zero-order valence-corrected chi connectivity index (χ0v) is 18.2. The van der Waals surface area contributed by atoms with Gasteiger partial charge in [0.15, 0.2) is 5.69 Å². The molecule has 9 nitrogen and oxygen atoms in total. The number of amides is 1. The van der Waals surface area contributed by atoms with Crippen molar-refractivity contribution in [3.05, 3.63) is 70.7 Å². The maximum absolute atomic E-state index is 13.8. The first kappa shape index (κ1) is 21.3. The van der Waals surface area contributed by atoms with Crippen molar-refractivity contribution in [3.63, 3.8) is 0 Å². The summed E-state index contributed by atoms with van der Waals surface area (Å²) in [5, 5.41) is 14.9. The van der Waals surface area contributed by atoms with Gasteiger partial charge in [-0.05, 0) is 32.9 Å². The predicted molar refractivity (Wildman–Crippen MR) is 112 cm³/mol. The third-order valence-corrected chi connectivity index (χ3v) is 5.85. The van der Waals surface area contributed by atoms with E-state index in [-0.39, 0.29) is 12.4 Å². The molecule has 0 radical (unpaired) electrons. The monoisotopic (exact) mass is 456 g/mol. The van der Waals surface area contributed by atoms with Crippen LogP contribution in [0.25, 0.3) is 5.52 Å². The van der Waals surface area contributed by atoms with E-state index in [2.05, 4.69) is 20.1 Å². The number of alkyl halides is 2. The fourth-order valence-electron chi connectivity index (χ4n) is 4.20. The molecule has 0 aliphatic carbocycles. The second-order valence-corrected chi connectivity index (χ2v) is 8.55. The average Bonchev–Trinajstić information content (AvgIpc) is 3.49. The van der Waals surface area contributed by atoms with Crippen LogP contribution in [0.3, 0.4) is 0 Å². The lowest BCUT2D eigenvalue weighted by Gasteiger charge is -2.33. The van der Waals surface area contributed by atoms with Gasteiger partial charge in [-0.25, -0.2) is 23.3 Å². The lowest BCUT2D eigenvalue weighted by Crippen LogP contribution is -2.41. The smallest absolute Gasteiger partial charge is 0.292 e. The van der Waals surface area contributed by atoms with E-state index in [0.29, 0.717) is 17.8 Å². The summed E-state index contributed by atoms with van der Waals surface area (Å²) in [5.41, 5.74) is 1.32. The highest BCUT2D eigenvalue weighted by atomic mass is 19.3. The quantitative estimate of drug-likeness (QED) is 0.487. The minimum Gasteiger partial charge on any atom is -0.432 e. The second-order valence-electron chi connectivity index (χ2n) is 8.55. The van der Waals surface area contributed by atoms with Crippen LogP contribution in [-0.4, -0.2) is 47.0 Å². The summed E-state index contributed by atoms with van der Waals surface area (Å²) < 4.78 is 34.6. The van der Waals surface area contributed by atoms with Crippen LogP contribution in [0.2, 0.25) is 0 Å². The van der Waals surface area contributed by atoms with Crippen molar-refractivity contribution in [2.45, 2.75) is 45.3 Å². The van der Waals surface area contributed by atoms with Crippen LogP contribution in [0.4, 0.5) is 8.78 Å². The third kappa shape index (κ3) is 3.39. The molecule has 5 heterocycles. The van der Waals surface area contributed by atoms with Crippen LogP contribution in [0, 0.1) is 6.92 Å². The molecule has 11 heteroatoms. The van der Waals surface area contributed by atoms with Gasteiger partial charge in [-0.15, -0.1) is 0 Å². The van der Waals surface area contributed by atoms with Gasteiger partial charge in [-0.3, -0.25) is 4.79 Å². The van der Waals surface area contributed by atoms with Gasteiger partial charge in [0, 0.05) is 30.4 Å². The summed E-state index contributed by atoms with van der Waals surface area (Å²) in [7, 11) is 0. The number of rotatable bonds is 4. The largest absolute Gasteiger partial charge is 0.432 e. The van der Waals surface area contributed by atoms with Crippen molar-refractivity contribution in [2.24, 2.45) is 0 Å². The highest BCUT2D eigenvalue weighted by Gasteiger charge is 2.41. The molecular formula is C22H22F2N6O3. The number of pyridine rings is 1. The molecule has 1 atom stereocenters. The number of halogens is 2. The molecule has 2 N–H and O–H groups in total. The molecular weight excluding hydrogens is 434 g/mol. The number of fused-ring (bicyclic) bond motifs is 2. The van der Waals surface area contributed by atoms with Gasteiger partial charge in [0.05, 0.1) is 23.2 Å². The lowest BCUT2D eigenvalue weighted by atomic mass is 9.97. The molecule has 33 heavy (non-hydrogen) atoms. The van der Waals surface area contributed by atoms with E-state index in [1.165, 1.54) is 18.7 Å². The number of aromatic nitrogens is 5. The molecule has 0 saturated heterocycles. The van der Waals surface area contributed by atoms with Crippen LogP contribution in [0.15, 0.2) is 35.1 Å². The highest BCUT2D eigenvalue weighted by Crippen LogP contribution is 2.38. The zero-order chi connectivity index (χ0) is 23.5. The number of hydrogen-bond acceptors (Lipinski definition) is 6. The molecule has 1 unspecified atom stereocenters. The standard InChI is InChI=1S/C22H22F2N6O3/c1-11-13-6-4-5-8-30(13)28-14(11)17-15-12(25-10-26-15)7-9-29(17)20(31)18-16(19(23)24)27-21(33-18)22(2,3)32/h4-6,8,10,17,19,32H,7,9H2,1-3H3,(H,25,26). The number of H-pyrrole nitrogens is 1. The Labute approximate surface area is 187 Å². The van der Waals surface area contributed by atoms with E-state index < -0.39 is 35.4 Å². The van der Waals surface area contributed by atoms with Gasteiger partial charge in [0.25, 0.3) is 12.3 Å². The van der Waals surface area contributed by atoms with Crippen LogP contribution >= 0.6 is 0 Å². The topological polar surface area (TPSA) is 113 Å². The Morgan fingerprint density at radius 1 is 1.33 bits per heavy atom. The number of aliphatic hydroxyl groups is 1. The fourth-order valence-corrected chi connectivity index (χ4v) is 4.20. The summed E-state index contributed by atoms with van der Waals surface area (Å²) in [4.78, 5) is 26.3. The first-order chi connectivity index (χ1) is 15.7. The first-order valence-electron chi connectivity index (χ1n) is 10.5. The number of carbonyl (C=O) groups is 1. The minimum atomic E-state index is -3.05. The van der Waals surface area contributed by atoms with Crippen molar-refractivity contribution in [2.75, 3.05) is 6.54 Å². The Kier molecular flexibility index (Phi) is 4.82. The maximum atomic E-state index is 13.8. The van der Waals surface area contributed by atoms with Gasteiger partial charge in [0.2, 0.25) is 11.7 Å². The van der Waals surface area contributed by atoms with Gasteiger partial charge in [-0.1, -0.05) is 6.07 Å². The maximum Gasteiger partial charge on any atom is 0.292 e. The van der Waals surface area contributed by atoms with E-state index in [4.69, 9.17) is 4.42 Å². The van der Waals surface area contributed by atoms with Crippen molar-refractivity contribution in [1.82, 2.24) is 29.5 Å². The normalized spacial score (nSPS) is 16.6. The molecule has 0 fully saturated rings. The summed E-state index contributed by atoms with van der Waals surface area (Å²) in [5.74, 6) is -1.70. The van der Waals surface area contributed by atoms with Crippen molar-refractivity contribution >= 4 is 11.4 Å². The Morgan fingerprint density at radius 3 is 2.82 bits per heavy atom. The van der Waals surface area contributed by atoms with Gasteiger partial charge >= 0.3 is 0 Å². The molecule has 172 valence electrons.